The summed E-state index contributed by atoms with van der Waals surface area (Å²) in [5.74, 6) is -0.838. The van der Waals surface area contributed by atoms with Gasteiger partial charge in [-0.1, -0.05) is 107 Å². The first-order valence-corrected chi connectivity index (χ1v) is 17.4. The van der Waals surface area contributed by atoms with Gasteiger partial charge in [0.25, 0.3) is 10.0 Å². The van der Waals surface area contributed by atoms with Crippen molar-refractivity contribution in [1.29, 1.82) is 0 Å². The highest BCUT2D eigenvalue weighted by Gasteiger charge is 2.34. The van der Waals surface area contributed by atoms with Crippen molar-refractivity contribution in [2.45, 2.75) is 50.6 Å². The van der Waals surface area contributed by atoms with E-state index < -0.39 is 28.5 Å². The molecule has 0 heterocycles. The molecule has 7 nitrogen and oxygen atoms in total. The van der Waals surface area contributed by atoms with E-state index in [9.17, 15) is 18.0 Å². The van der Waals surface area contributed by atoms with E-state index in [0.717, 1.165) is 28.3 Å². The Bertz CT molecular complexity index is 1700. The third-order valence-corrected chi connectivity index (χ3v) is 9.84. The molecule has 0 radical (unpaired) electrons. The van der Waals surface area contributed by atoms with Gasteiger partial charge in [-0.25, -0.2) is 8.42 Å². The summed E-state index contributed by atoms with van der Waals surface area (Å²) >= 11 is 9.74. The summed E-state index contributed by atoms with van der Waals surface area (Å²) < 4.78 is 30.0. The van der Waals surface area contributed by atoms with Gasteiger partial charge < -0.3 is 10.2 Å². The van der Waals surface area contributed by atoms with Crippen molar-refractivity contribution in [3.63, 3.8) is 0 Å². The maximum Gasteiger partial charge on any atom is 0.264 e. The summed E-state index contributed by atoms with van der Waals surface area (Å²) in [4.78, 5) is 29.8. The fourth-order valence-corrected chi connectivity index (χ4v) is 6.90. The number of amides is 2. The van der Waals surface area contributed by atoms with Crippen molar-refractivity contribution in [1.82, 2.24) is 10.2 Å². The number of carbonyl (C=O) groups is 2. The number of anilines is 1. The monoisotopic (exact) mass is 709 g/mol. The summed E-state index contributed by atoms with van der Waals surface area (Å²) in [6.45, 7) is 3.90. The Balaban J connectivity index is 1.79. The third kappa shape index (κ3) is 9.42. The Hall–Kier alpha value is -3.66. The first-order valence-electron chi connectivity index (χ1n) is 14.8. The molecule has 10 heteroatoms. The molecule has 0 saturated heterocycles. The summed E-state index contributed by atoms with van der Waals surface area (Å²) in [7, 11) is -4.17. The summed E-state index contributed by atoms with van der Waals surface area (Å²) in [5, 5.41) is 3.48. The summed E-state index contributed by atoms with van der Waals surface area (Å²) in [6, 6.07) is 28.9. The fraction of sp³-hybridized carbons (Fsp3) is 0.257. The van der Waals surface area contributed by atoms with Crippen LogP contribution in [0.5, 0.6) is 0 Å². The molecule has 0 unspecified atom stereocenters. The highest BCUT2D eigenvalue weighted by atomic mass is 79.9. The zero-order valence-corrected chi connectivity index (χ0v) is 28.5. The molecule has 4 rings (SSSR count). The van der Waals surface area contributed by atoms with Crippen molar-refractivity contribution < 1.29 is 18.0 Å². The molecule has 0 bridgehead atoms. The first-order chi connectivity index (χ1) is 21.6. The minimum Gasteiger partial charge on any atom is -0.354 e. The van der Waals surface area contributed by atoms with Gasteiger partial charge in [-0.05, 0) is 66.9 Å². The number of rotatable bonds is 14. The highest BCUT2D eigenvalue weighted by molar-refractivity contribution is 9.10. The fourth-order valence-electron chi connectivity index (χ4n) is 4.89. The molecule has 4 aromatic carbocycles. The van der Waals surface area contributed by atoms with Gasteiger partial charge in [0.15, 0.2) is 0 Å². The maximum absolute atomic E-state index is 14.5. The van der Waals surface area contributed by atoms with Crippen LogP contribution >= 0.6 is 27.5 Å². The number of halogens is 2. The second-order valence-corrected chi connectivity index (χ2v) is 14.0. The molecule has 0 aliphatic carbocycles. The lowest BCUT2D eigenvalue weighted by Gasteiger charge is -2.34. The molecule has 1 atom stereocenters. The Morgan fingerprint density at radius 3 is 2.24 bits per heavy atom. The maximum atomic E-state index is 14.5. The number of aryl methyl sites for hydroxylation is 1. The molecule has 0 aromatic heterocycles. The topological polar surface area (TPSA) is 86.8 Å². The van der Waals surface area contributed by atoms with Crippen molar-refractivity contribution >= 4 is 55.1 Å². The van der Waals surface area contributed by atoms with E-state index in [-0.39, 0.29) is 23.8 Å². The number of hydrogen-bond acceptors (Lipinski definition) is 4. The molecule has 45 heavy (non-hydrogen) atoms. The van der Waals surface area contributed by atoms with Gasteiger partial charge in [0.2, 0.25) is 11.8 Å². The normalized spacial score (nSPS) is 11.9. The highest BCUT2D eigenvalue weighted by Crippen LogP contribution is 2.28. The lowest BCUT2D eigenvalue weighted by atomic mass is 10.0. The number of carbonyl (C=O) groups excluding carboxylic acids is 2. The zero-order chi connectivity index (χ0) is 32.4. The Morgan fingerprint density at radius 1 is 0.889 bits per heavy atom. The van der Waals surface area contributed by atoms with Crippen LogP contribution in [0.25, 0.3) is 0 Å². The van der Waals surface area contributed by atoms with E-state index in [1.807, 2.05) is 50.2 Å². The average molecular weight is 711 g/mol. The van der Waals surface area contributed by atoms with E-state index >= 15 is 0 Å². The van der Waals surface area contributed by atoms with Crippen LogP contribution in [0.15, 0.2) is 112 Å². The number of hydrogen-bond donors (Lipinski definition) is 1. The first kappa shape index (κ1) is 34.2. The number of benzene rings is 4. The van der Waals surface area contributed by atoms with E-state index in [2.05, 4.69) is 21.2 Å². The second-order valence-electron chi connectivity index (χ2n) is 10.8. The Labute approximate surface area is 279 Å². The average Bonchev–Trinajstić information content (AvgIpc) is 3.02. The molecule has 2 amide bonds. The van der Waals surface area contributed by atoms with Crippen molar-refractivity contribution in [3.05, 3.63) is 129 Å². The van der Waals surface area contributed by atoms with Gasteiger partial charge in [0.1, 0.15) is 12.6 Å². The van der Waals surface area contributed by atoms with Crippen LogP contribution in [0.1, 0.15) is 36.5 Å². The third-order valence-electron chi connectivity index (χ3n) is 7.33. The minimum atomic E-state index is -4.17. The van der Waals surface area contributed by atoms with Gasteiger partial charge >= 0.3 is 0 Å². The number of sulfonamides is 1. The second kappa shape index (κ2) is 16.1. The van der Waals surface area contributed by atoms with Crippen molar-refractivity contribution in [3.8, 4) is 0 Å². The van der Waals surface area contributed by atoms with Gasteiger partial charge in [0, 0.05) is 29.0 Å². The van der Waals surface area contributed by atoms with Crippen LogP contribution in [0.4, 0.5) is 5.69 Å². The van der Waals surface area contributed by atoms with Crippen LogP contribution in [0, 0.1) is 6.92 Å². The predicted octanol–water partition coefficient (Wildman–Crippen LogP) is 7.16. The summed E-state index contributed by atoms with van der Waals surface area (Å²) in [6.07, 6.45) is 1.93. The van der Waals surface area contributed by atoms with Crippen LogP contribution in [-0.4, -0.2) is 44.3 Å². The van der Waals surface area contributed by atoms with Crippen molar-refractivity contribution in [2.75, 3.05) is 17.4 Å². The van der Waals surface area contributed by atoms with E-state index in [4.69, 9.17) is 11.6 Å². The van der Waals surface area contributed by atoms with Gasteiger partial charge in [-0.3, -0.25) is 13.9 Å². The lowest BCUT2D eigenvalue weighted by Crippen LogP contribution is -2.53. The number of unbranched alkanes of at least 4 members (excludes halogenated alkanes) is 1. The van der Waals surface area contributed by atoms with Gasteiger partial charge in [-0.15, -0.1) is 0 Å². The lowest BCUT2D eigenvalue weighted by molar-refractivity contribution is -0.140. The van der Waals surface area contributed by atoms with Gasteiger partial charge in [-0.2, -0.15) is 0 Å². The molecule has 0 saturated carbocycles. The number of nitrogens with one attached hydrogen (secondary N) is 1. The Kier molecular flexibility index (Phi) is 12.2. The van der Waals surface area contributed by atoms with Crippen LogP contribution in [0.3, 0.4) is 0 Å². The molecular formula is C35H37BrClN3O4S. The van der Waals surface area contributed by atoms with Crippen LogP contribution in [0.2, 0.25) is 5.02 Å². The van der Waals surface area contributed by atoms with Crippen LogP contribution in [-0.2, 0) is 32.6 Å². The molecule has 0 aliphatic heterocycles. The van der Waals surface area contributed by atoms with E-state index in [1.54, 1.807) is 54.6 Å². The molecule has 0 fully saturated rings. The molecule has 4 aromatic rings. The Morgan fingerprint density at radius 2 is 1.58 bits per heavy atom. The van der Waals surface area contributed by atoms with Crippen molar-refractivity contribution in [2.24, 2.45) is 0 Å². The molecule has 0 aliphatic rings. The standard InChI is InChI=1S/C35H37BrClN3O4S/c1-3-4-20-38-35(42)33(22-27-10-6-5-7-11-27)39(24-28-12-8-14-30(37)21-28)34(41)25-40(31-15-9-13-29(36)23-31)45(43,44)32-18-16-26(2)17-19-32/h5-19,21,23,33H,3-4,20,22,24-25H2,1-2H3,(H,38,42)/t33-/m0/s1. The SMILES string of the molecule is CCCCNC(=O)[C@H](Cc1ccccc1)N(Cc1cccc(Cl)c1)C(=O)CN(c1cccc(Br)c1)S(=O)(=O)c1ccc(C)cc1. The van der Waals surface area contributed by atoms with E-state index in [0.29, 0.717) is 27.3 Å². The zero-order valence-electron chi connectivity index (χ0n) is 25.3. The summed E-state index contributed by atoms with van der Waals surface area (Å²) in [5.41, 5.74) is 2.80. The molecule has 236 valence electrons. The minimum absolute atomic E-state index is 0.0506. The molecule has 0 spiro atoms. The quantitative estimate of drug-likeness (QED) is 0.141. The largest absolute Gasteiger partial charge is 0.354 e. The van der Waals surface area contributed by atoms with E-state index in [1.165, 1.54) is 17.0 Å². The number of nitrogens with zero attached hydrogens (tertiary/aromatic N) is 2. The molecule has 1 N–H and O–H groups in total. The molecular weight excluding hydrogens is 674 g/mol. The van der Waals surface area contributed by atoms with Crippen LogP contribution < -0.4 is 9.62 Å². The predicted molar refractivity (Wildman–Crippen MR) is 184 cm³/mol. The smallest absolute Gasteiger partial charge is 0.264 e. The van der Waals surface area contributed by atoms with Gasteiger partial charge in [0.05, 0.1) is 10.6 Å².